The number of ether oxygens (including phenoxy) is 2. The van der Waals surface area contributed by atoms with E-state index in [1.54, 1.807) is 0 Å². The largest absolute Gasteiger partial charge is 0.346 e. The van der Waals surface area contributed by atoms with E-state index in [4.69, 9.17) is 14.0 Å². The quantitative estimate of drug-likeness (QED) is 0.574. The van der Waals surface area contributed by atoms with Crippen molar-refractivity contribution in [3.05, 3.63) is 0 Å². The molecular weight excluding hydrogens is 348 g/mol. The number of hydrogen-bond donors (Lipinski definition) is 1. The summed E-state index contributed by atoms with van der Waals surface area (Å²) in [6.07, 6.45) is 1.69. The maximum Gasteiger partial charge on any atom is 0.281 e. The van der Waals surface area contributed by atoms with Gasteiger partial charge >= 0.3 is 0 Å². The monoisotopic (exact) mass is 370 g/mol. The Balaban J connectivity index is 1.48. The van der Waals surface area contributed by atoms with E-state index in [-0.39, 0.29) is 30.5 Å². The van der Waals surface area contributed by atoms with Crippen LogP contribution in [0, 0.1) is 23.7 Å². The molecule has 4 aliphatic carbocycles. The molecule has 5 aliphatic rings. The van der Waals surface area contributed by atoms with Crippen molar-refractivity contribution in [1.82, 2.24) is 0 Å². The lowest BCUT2D eigenvalue weighted by molar-refractivity contribution is -0.307. The van der Waals surface area contributed by atoms with Crippen LogP contribution in [-0.4, -0.2) is 40.6 Å². The molecule has 1 saturated heterocycles. The van der Waals surface area contributed by atoms with E-state index >= 15 is 0 Å². The van der Waals surface area contributed by atoms with E-state index in [0.717, 1.165) is 25.7 Å². The fraction of sp³-hybridized carbons (Fsp3) is 1.00. The molecule has 1 N–H and O–H groups in total. The van der Waals surface area contributed by atoms with Crippen LogP contribution < -0.4 is 0 Å². The molecule has 138 valence electrons. The molecule has 1 heterocycles. The molecule has 0 aromatic heterocycles. The second-order valence-electron chi connectivity index (χ2n) is 8.01. The summed E-state index contributed by atoms with van der Waals surface area (Å²) in [5.41, 5.74) is 0. The van der Waals surface area contributed by atoms with E-state index < -0.39 is 35.9 Å². The predicted molar refractivity (Wildman–Crippen MR) is 80.2 cm³/mol. The number of rotatable bonds is 5. The van der Waals surface area contributed by atoms with Crippen molar-refractivity contribution in [3.8, 4) is 0 Å². The van der Waals surface area contributed by atoms with Crippen molar-refractivity contribution in [2.24, 2.45) is 23.7 Å². The van der Waals surface area contributed by atoms with Gasteiger partial charge in [0.2, 0.25) is 0 Å². The zero-order chi connectivity index (χ0) is 17.2. The third-order valence-corrected chi connectivity index (χ3v) is 6.86. The minimum absolute atomic E-state index is 0.114. The zero-order valence-electron chi connectivity index (χ0n) is 13.2. The molecule has 1 aliphatic heterocycles. The Labute approximate surface area is 142 Å². The Kier molecular flexibility index (Phi) is 4.14. The highest BCUT2D eigenvalue weighted by Crippen LogP contribution is 2.62. The predicted octanol–water partition coefficient (Wildman–Crippen LogP) is 4.42. The smallest absolute Gasteiger partial charge is 0.281 e. The Morgan fingerprint density at radius 3 is 2.12 bits per heavy atom. The van der Waals surface area contributed by atoms with Gasteiger partial charge in [0.05, 0.1) is 18.8 Å². The number of alkyl halides is 4. The third kappa shape index (κ3) is 2.77. The molecule has 24 heavy (non-hydrogen) atoms. The fourth-order valence-electron chi connectivity index (χ4n) is 5.58. The van der Waals surface area contributed by atoms with Gasteiger partial charge in [0.25, 0.3) is 11.8 Å². The van der Waals surface area contributed by atoms with Crippen LogP contribution in [0.4, 0.5) is 17.6 Å². The summed E-state index contributed by atoms with van der Waals surface area (Å²) < 4.78 is 75.9. The van der Waals surface area contributed by atoms with E-state index in [2.05, 4.69) is 0 Å². The topological polar surface area (TPSA) is 38.7 Å². The van der Waals surface area contributed by atoms with Gasteiger partial charge in [-0.1, -0.05) is 0 Å². The van der Waals surface area contributed by atoms with Gasteiger partial charge in [0.1, 0.15) is 6.10 Å². The maximum absolute atomic E-state index is 14.4. The first-order valence-corrected chi connectivity index (χ1v) is 9.52. The molecule has 8 heteroatoms. The van der Waals surface area contributed by atoms with Crippen LogP contribution in [0.3, 0.4) is 0 Å². The molecule has 0 amide bonds. The molecular formula is C16H22F4O3S. The van der Waals surface area contributed by atoms with Gasteiger partial charge in [-0.25, -0.2) is 17.6 Å². The van der Waals surface area contributed by atoms with Crippen LogP contribution in [0.25, 0.3) is 0 Å². The standard InChI is InChI=1S/C16H22F4O3S/c17-14(18,8-24-21)7-15(19,20)13-6-22-16(23-13)11-2-9-1-10(4-11)5-12(16)3-9/h9-13,21H,1-8H2. The van der Waals surface area contributed by atoms with E-state index in [9.17, 15) is 17.6 Å². The maximum atomic E-state index is 14.4. The Morgan fingerprint density at radius 1 is 1.00 bits per heavy atom. The highest BCUT2D eigenvalue weighted by atomic mass is 32.2. The van der Waals surface area contributed by atoms with Gasteiger partial charge in [-0.15, -0.1) is 0 Å². The first-order chi connectivity index (χ1) is 11.2. The number of halogens is 4. The van der Waals surface area contributed by atoms with E-state index in [0.29, 0.717) is 11.8 Å². The minimum atomic E-state index is -3.68. The summed E-state index contributed by atoms with van der Waals surface area (Å²) in [5, 5.41) is 0. The van der Waals surface area contributed by atoms with Crippen LogP contribution in [0.2, 0.25) is 0 Å². The zero-order valence-corrected chi connectivity index (χ0v) is 14.0. The molecule has 1 unspecified atom stereocenters. The van der Waals surface area contributed by atoms with Crippen LogP contribution in [-0.2, 0) is 9.47 Å². The van der Waals surface area contributed by atoms with Gasteiger partial charge in [0.15, 0.2) is 5.79 Å². The lowest BCUT2D eigenvalue weighted by atomic mass is 9.53. The Bertz CT molecular complexity index is 474. The first kappa shape index (κ1) is 17.4. The molecule has 0 aromatic rings. The van der Waals surface area contributed by atoms with E-state index in [1.165, 1.54) is 6.42 Å². The molecule has 1 spiro atoms. The summed E-state index contributed by atoms with van der Waals surface area (Å²) >= 11 is -0.123. The molecule has 1 atom stereocenters. The van der Waals surface area contributed by atoms with Crippen molar-refractivity contribution >= 4 is 12.0 Å². The highest BCUT2D eigenvalue weighted by Gasteiger charge is 2.65. The van der Waals surface area contributed by atoms with Crippen molar-refractivity contribution in [1.29, 1.82) is 0 Å². The average Bonchev–Trinajstić information content (AvgIpc) is 2.90. The summed E-state index contributed by atoms with van der Waals surface area (Å²) in [4.78, 5) is 0. The minimum Gasteiger partial charge on any atom is -0.346 e. The molecule has 5 fully saturated rings. The summed E-state index contributed by atoms with van der Waals surface area (Å²) in [5.74, 6) is -7.86. The summed E-state index contributed by atoms with van der Waals surface area (Å²) in [6, 6.07) is 0. The van der Waals surface area contributed by atoms with Gasteiger partial charge in [-0.05, 0) is 56.0 Å². The normalized spacial score (nSPS) is 44.6. The van der Waals surface area contributed by atoms with Gasteiger partial charge in [0, 0.05) is 11.8 Å². The van der Waals surface area contributed by atoms with Crippen molar-refractivity contribution in [2.75, 3.05) is 12.4 Å². The fourth-order valence-corrected chi connectivity index (χ4v) is 5.87. The molecule has 5 rings (SSSR count). The Morgan fingerprint density at radius 2 is 1.58 bits per heavy atom. The van der Waals surface area contributed by atoms with Crippen molar-refractivity contribution in [3.63, 3.8) is 0 Å². The average molecular weight is 370 g/mol. The first-order valence-electron chi connectivity index (χ1n) is 8.58. The van der Waals surface area contributed by atoms with Gasteiger partial charge in [-0.3, -0.25) is 0 Å². The molecule has 0 radical (unpaired) electrons. The third-order valence-electron chi connectivity index (χ3n) is 6.30. The van der Waals surface area contributed by atoms with E-state index in [1.807, 2.05) is 0 Å². The van der Waals surface area contributed by atoms with Crippen molar-refractivity contribution < 1.29 is 31.6 Å². The van der Waals surface area contributed by atoms with Gasteiger partial charge < -0.3 is 14.0 Å². The molecule has 4 bridgehead atoms. The molecule has 0 aromatic carbocycles. The SMILES string of the molecule is OSCC(F)(F)CC(F)(F)C1COC2(O1)C1CC3CC(C1)CC2C3. The molecule has 3 nitrogen and oxygen atoms in total. The van der Waals surface area contributed by atoms with Crippen LogP contribution in [0.5, 0.6) is 0 Å². The van der Waals surface area contributed by atoms with Crippen LogP contribution in [0.1, 0.15) is 38.5 Å². The van der Waals surface area contributed by atoms with Crippen LogP contribution in [0.15, 0.2) is 0 Å². The highest BCUT2D eigenvalue weighted by molar-refractivity contribution is 7.93. The number of hydrogen-bond acceptors (Lipinski definition) is 4. The van der Waals surface area contributed by atoms with Crippen molar-refractivity contribution in [2.45, 2.75) is 62.3 Å². The molecule has 4 saturated carbocycles. The second-order valence-corrected chi connectivity index (χ2v) is 8.56. The lowest BCUT2D eigenvalue weighted by Crippen LogP contribution is -2.59. The Hall–Kier alpha value is -0.0500. The lowest BCUT2D eigenvalue weighted by Gasteiger charge is -2.58. The summed E-state index contributed by atoms with van der Waals surface area (Å²) in [6.45, 7) is -0.336. The second kappa shape index (κ2) is 5.72. The van der Waals surface area contributed by atoms with Gasteiger partial charge in [-0.2, -0.15) is 0 Å². The van der Waals surface area contributed by atoms with Crippen LogP contribution >= 0.6 is 12.0 Å². The summed E-state index contributed by atoms with van der Waals surface area (Å²) in [7, 11) is 0.